The summed E-state index contributed by atoms with van der Waals surface area (Å²) in [5.41, 5.74) is 3.52. The molecule has 0 radical (unpaired) electrons. The Bertz CT molecular complexity index is 744. The first-order valence-corrected chi connectivity index (χ1v) is 9.41. The van der Waals surface area contributed by atoms with Crippen LogP contribution in [0.5, 0.6) is 5.75 Å². The van der Waals surface area contributed by atoms with Crippen LogP contribution in [0.1, 0.15) is 48.4 Å². The quantitative estimate of drug-likeness (QED) is 0.856. The number of benzene rings is 2. The molecule has 3 rings (SSSR count). The van der Waals surface area contributed by atoms with E-state index in [1.54, 1.807) is 7.11 Å². The van der Waals surface area contributed by atoms with Gasteiger partial charge in [-0.3, -0.25) is 0 Å². The van der Waals surface area contributed by atoms with Crippen molar-refractivity contribution < 1.29 is 9.53 Å². The number of hydrogen-bond acceptors (Lipinski definition) is 2. The fourth-order valence-corrected chi connectivity index (χ4v) is 3.64. The highest BCUT2D eigenvalue weighted by Crippen LogP contribution is 2.30. The molecule has 26 heavy (non-hydrogen) atoms. The highest BCUT2D eigenvalue weighted by Gasteiger charge is 2.26. The number of ether oxygens (including phenoxy) is 1. The van der Waals surface area contributed by atoms with Crippen LogP contribution in [0.3, 0.4) is 0 Å². The molecule has 2 aromatic rings. The molecule has 1 aliphatic heterocycles. The van der Waals surface area contributed by atoms with Crippen molar-refractivity contribution >= 4 is 6.03 Å². The van der Waals surface area contributed by atoms with Gasteiger partial charge in [0.05, 0.1) is 13.2 Å². The maximum Gasteiger partial charge on any atom is 0.318 e. The van der Waals surface area contributed by atoms with Gasteiger partial charge in [-0.2, -0.15) is 0 Å². The van der Waals surface area contributed by atoms with Crippen molar-refractivity contribution in [1.82, 2.24) is 10.2 Å². The molecule has 1 aliphatic rings. The molecule has 1 heterocycles. The van der Waals surface area contributed by atoms with Gasteiger partial charge in [-0.1, -0.05) is 54.8 Å². The SMILES string of the molecule is COc1cccc(CNC(=O)N2CCCCC[C@H]2c2cccc(C)c2)c1. The monoisotopic (exact) mass is 352 g/mol. The van der Waals surface area contributed by atoms with Gasteiger partial charge in [0.1, 0.15) is 5.75 Å². The van der Waals surface area contributed by atoms with E-state index in [2.05, 4.69) is 36.5 Å². The zero-order chi connectivity index (χ0) is 18.4. The standard InChI is InChI=1S/C22H28N2O2/c1-17-8-6-10-19(14-17)21-12-4-3-5-13-24(21)22(25)23-16-18-9-7-11-20(15-18)26-2/h6-11,14-15,21H,3-5,12-13,16H2,1-2H3,(H,23,25)/t21-/m0/s1. The molecule has 0 aromatic heterocycles. The van der Waals surface area contributed by atoms with Gasteiger partial charge in [-0.15, -0.1) is 0 Å². The average molecular weight is 352 g/mol. The van der Waals surface area contributed by atoms with E-state index in [0.29, 0.717) is 6.54 Å². The van der Waals surface area contributed by atoms with Gasteiger partial charge in [0.25, 0.3) is 0 Å². The minimum absolute atomic E-state index is 0.0150. The van der Waals surface area contributed by atoms with Crippen molar-refractivity contribution in [2.45, 2.75) is 45.2 Å². The molecule has 1 saturated heterocycles. The number of nitrogens with one attached hydrogen (secondary N) is 1. The number of amides is 2. The van der Waals surface area contributed by atoms with E-state index in [-0.39, 0.29) is 12.1 Å². The topological polar surface area (TPSA) is 41.6 Å². The normalized spacial score (nSPS) is 17.5. The van der Waals surface area contributed by atoms with Crippen LogP contribution in [0, 0.1) is 6.92 Å². The van der Waals surface area contributed by atoms with E-state index >= 15 is 0 Å². The zero-order valence-electron chi connectivity index (χ0n) is 15.7. The predicted octanol–water partition coefficient (Wildman–Crippen LogP) is 4.83. The molecule has 2 amide bonds. The third-order valence-corrected chi connectivity index (χ3v) is 5.02. The molecule has 1 atom stereocenters. The van der Waals surface area contributed by atoms with E-state index in [1.807, 2.05) is 29.2 Å². The summed E-state index contributed by atoms with van der Waals surface area (Å²) in [4.78, 5) is 14.9. The van der Waals surface area contributed by atoms with Crippen molar-refractivity contribution in [1.29, 1.82) is 0 Å². The zero-order valence-corrected chi connectivity index (χ0v) is 15.7. The number of urea groups is 1. The van der Waals surface area contributed by atoms with Crippen molar-refractivity contribution in [3.05, 3.63) is 65.2 Å². The maximum absolute atomic E-state index is 12.9. The lowest BCUT2D eigenvalue weighted by Gasteiger charge is -2.31. The van der Waals surface area contributed by atoms with Gasteiger partial charge in [-0.05, 0) is 43.0 Å². The molecule has 0 saturated carbocycles. The number of hydrogen-bond donors (Lipinski definition) is 1. The smallest absolute Gasteiger partial charge is 0.318 e. The average Bonchev–Trinajstić information content (AvgIpc) is 2.92. The first-order chi connectivity index (χ1) is 12.7. The lowest BCUT2D eigenvalue weighted by Crippen LogP contribution is -2.41. The summed E-state index contributed by atoms with van der Waals surface area (Å²) in [6.07, 6.45) is 4.44. The van der Waals surface area contributed by atoms with Crippen LogP contribution in [0.25, 0.3) is 0 Å². The largest absolute Gasteiger partial charge is 0.497 e. The number of rotatable bonds is 4. The second-order valence-electron chi connectivity index (χ2n) is 6.98. The number of carbonyl (C=O) groups is 1. The van der Waals surface area contributed by atoms with E-state index in [4.69, 9.17) is 4.74 Å². The number of carbonyl (C=O) groups excluding carboxylic acids is 1. The molecular weight excluding hydrogens is 324 g/mol. The van der Waals surface area contributed by atoms with Crippen molar-refractivity contribution in [2.24, 2.45) is 0 Å². The number of methoxy groups -OCH3 is 1. The third kappa shape index (κ3) is 4.57. The Kier molecular flexibility index (Phi) is 6.16. The highest BCUT2D eigenvalue weighted by molar-refractivity contribution is 5.74. The van der Waals surface area contributed by atoms with E-state index < -0.39 is 0 Å². The second kappa shape index (κ2) is 8.75. The van der Waals surface area contributed by atoms with Crippen LogP contribution in [0.15, 0.2) is 48.5 Å². The molecular formula is C22H28N2O2. The molecule has 1 N–H and O–H groups in total. The van der Waals surface area contributed by atoms with Gasteiger partial charge in [0.15, 0.2) is 0 Å². The van der Waals surface area contributed by atoms with Gasteiger partial charge >= 0.3 is 6.03 Å². The number of nitrogens with zero attached hydrogens (tertiary/aromatic N) is 1. The van der Waals surface area contributed by atoms with Gasteiger partial charge < -0.3 is 15.0 Å². The molecule has 4 nitrogen and oxygen atoms in total. The third-order valence-electron chi connectivity index (χ3n) is 5.02. The first kappa shape index (κ1) is 18.3. The number of aryl methyl sites for hydroxylation is 1. The summed E-state index contributed by atoms with van der Waals surface area (Å²) in [5.74, 6) is 0.809. The Morgan fingerprint density at radius 2 is 2.00 bits per heavy atom. The second-order valence-corrected chi connectivity index (χ2v) is 6.98. The number of likely N-dealkylation sites (tertiary alicyclic amines) is 1. The fraction of sp³-hybridized carbons (Fsp3) is 0.409. The van der Waals surface area contributed by atoms with Crippen LogP contribution in [0.2, 0.25) is 0 Å². The summed E-state index contributed by atoms with van der Waals surface area (Å²) >= 11 is 0. The lowest BCUT2D eigenvalue weighted by atomic mass is 9.99. The van der Waals surface area contributed by atoms with Crippen LogP contribution in [0.4, 0.5) is 4.79 Å². The molecule has 0 aliphatic carbocycles. The summed E-state index contributed by atoms with van der Waals surface area (Å²) < 4.78 is 5.26. The fourth-order valence-electron chi connectivity index (χ4n) is 3.64. The van der Waals surface area contributed by atoms with Crippen LogP contribution in [-0.4, -0.2) is 24.6 Å². The molecule has 4 heteroatoms. The Balaban J connectivity index is 1.71. The van der Waals surface area contributed by atoms with Crippen LogP contribution >= 0.6 is 0 Å². The summed E-state index contributed by atoms with van der Waals surface area (Å²) in [6, 6.07) is 16.5. The summed E-state index contributed by atoms with van der Waals surface area (Å²) in [7, 11) is 1.65. The van der Waals surface area contributed by atoms with Crippen molar-refractivity contribution in [3.63, 3.8) is 0 Å². The minimum atomic E-state index is 0.0150. The van der Waals surface area contributed by atoms with Crippen LogP contribution in [-0.2, 0) is 6.54 Å². The molecule has 0 unspecified atom stereocenters. The molecule has 1 fully saturated rings. The Morgan fingerprint density at radius 1 is 1.15 bits per heavy atom. The molecule has 138 valence electrons. The van der Waals surface area contributed by atoms with E-state index in [1.165, 1.54) is 17.5 Å². The predicted molar refractivity (Wildman–Crippen MR) is 104 cm³/mol. The van der Waals surface area contributed by atoms with Crippen molar-refractivity contribution in [3.8, 4) is 5.75 Å². The van der Waals surface area contributed by atoms with Crippen LogP contribution < -0.4 is 10.1 Å². The lowest BCUT2D eigenvalue weighted by molar-refractivity contribution is 0.175. The maximum atomic E-state index is 12.9. The minimum Gasteiger partial charge on any atom is -0.497 e. The highest BCUT2D eigenvalue weighted by atomic mass is 16.5. The van der Waals surface area contributed by atoms with E-state index in [9.17, 15) is 4.79 Å². The Labute approximate surface area is 156 Å². The van der Waals surface area contributed by atoms with Gasteiger partial charge in [-0.25, -0.2) is 4.79 Å². The Morgan fingerprint density at radius 3 is 2.81 bits per heavy atom. The first-order valence-electron chi connectivity index (χ1n) is 9.41. The summed E-state index contributed by atoms with van der Waals surface area (Å²) in [6.45, 7) is 3.42. The molecule has 0 bridgehead atoms. The molecule has 0 spiro atoms. The summed E-state index contributed by atoms with van der Waals surface area (Å²) in [5, 5.41) is 3.09. The van der Waals surface area contributed by atoms with Gasteiger partial charge in [0.2, 0.25) is 0 Å². The Hall–Kier alpha value is -2.49. The molecule has 2 aromatic carbocycles. The van der Waals surface area contributed by atoms with Crippen molar-refractivity contribution in [2.75, 3.05) is 13.7 Å². The van der Waals surface area contributed by atoms with E-state index in [0.717, 1.165) is 37.1 Å². The van der Waals surface area contributed by atoms with Gasteiger partial charge in [0, 0.05) is 13.1 Å².